The molecular formula is C51H33N3OS. The van der Waals surface area contributed by atoms with Crippen molar-refractivity contribution in [1.82, 2.24) is 5.32 Å². The Morgan fingerprint density at radius 2 is 1.39 bits per heavy atom. The lowest BCUT2D eigenvalue weighted by atomic mass is 9.85. The maximum atomic E-state index is 6.69. The van der Waals surface area contributed by atoms with Crippen LogP contribution in [0, 0.1) is 0 Å². The van der Waals surface area contributed by atoms with E-state index < -0.39 is 0 Å². The Bertz CT molecular complexity index is 3200. The van der Waals surface area contributed by atoms with Crippen molar-refractivity contribution < 1.29 is 4.42 Å². The maximum absolute atomic E-state index is 6.69. The molecule has 0 radical (unpaired) electrons. The summed E-state index contributed by atoms with van der Waals surface area (Å²) in [6, 6.07) is 54.3. The van der Waals surface area contributed by atoms with Gasteiger partial charge in [-0.3, -0.25) is 4.99 Å². The predicted molar refractivity (Wildman–Crippen MR) is 234 cm³/mol. The number of hydrogen-bond acceptors (Lipinski definition) is 5. The molecule has 0 bridgehead atoms. The second-order valence-electron chi connectivity index (χ2n) is 14.7. The molecule has 264 valence electrons. The third-order valence-corrected chi connectivity index (χ3v) is 12.8. The molecule has 4 heterocycles. The van der Waals surface area contributed by atoms with E-state index in [9.17, 15) is 0 Å². The molecule has 2 N–H and O–H groups in total. The highest BCUT2D eigenvalue weighted by Crippen LogP contribution is 2.50. The highest BCUT2D eigenvalue weighted by Gasteiger charge is 2.29. The summed E-state index contributed by atoms with van der Waals surface area (Å²) >= 11 is 1.88. The van der Waals surface area contributed by atoms with Crippen LogP contribution >= 0.6 is 11.3 Å². The number of anilines is 1. The lowest BCUT2D eigenvalue weighted by Crippen LogP contribution is -2.32. The van der Waals surface area contributed by atoms with Crippen molar-refractivity contribution in [2.24, 2.45) is 4.99 Å². The van der Waals surface area contributed by atoms with Gasteiger partial charge in [-0.2, -0.15) is 0 Å². The van der Waals surface area contributed by atoms with Crippen molar-refractivity contribution in [3.05, 3.63) is 204 Å². The molecule has 2 aromatic heterocycles. The van der Waals surface area contributed by atoms with E-state index in [1.807, 2.05) is 11.3 Å². The van der Waals surface area contributed by atoms with Gasteiger partial charge >= 0.3 is 0 Å². The van der Waals surface area contributed by atoms with Gasteiger partial charge in [0, 0.05) is 53.3 Å². The van der Waals surface area contributed by atoms with Crippen molar-refractivity contribution >= 4 is 70.7 Å². The minimum atomic E-state index is -0.0887. The van der Waals surface area contributed by atoms with Gasteiger partial charge in [-0.25, -0.2) is 0 Å². The first kappa shape index (κ1) is 31.4. The monoisotopic (exact) mass is 735 g/mol. The number of amidine groups is 1. The normalized spacial score (nSPS) is 17.1. The molecule has 0 fully saturated rings. The Morgan fingerprint density at radius 3 is 2.32 bits per heavy atom. The number of thiophene rings is 1. The van der Waals surface area contributed by atoms with E-state index in [0.717, 1.165) is 61.4 Å². The molecule has 7 aromatic carbocycles. The van der Waals surface area contributed by atoms with E-state index in [2.05, 4.69) is 187 Å². The van der Waals surface area contributed by atoms with Crippen LogP contribution in [0.3, 0.4) is 0 Å². The minimum Gasteiger partial charge on any atom is -0.456 e. The molecule has 1 unspecified atom stereocenters. The standard InChI is InChI=1S/C51H33N3OS/c1-2-11-30(12-3-1)31-21-23-32(24-22-31)48-38-16-6-8-18-41(38)53-51(54-48)40-17-10-19-43-46(40)39-26-25-33(29-44(39)55-43)49-36-15-5-4-14-35(36)47-42(52-49)28-27-37-34-13-7-9-20-45(34)56-50(37)47/h1-29,41,49,52H,(H,53,54)/t41?,49-/m0/s1. The van der Waals surface area contributed by atoms with Gasteiger partial charge in [0.25, 0.3) is 0 Å². The lowest BCUT2D eigenvalue weighted by Gasteiger charge is -2.30. The fraction of sp³-hybridized carbons (Fsp3) is 0.0392. The van der Waals surface area contributed by atoms with Crippen molar-refractivity contribution in [3.63, 3.8) is 0 Å². The highest BCUT2D eigenvalue weighted by atomic mass is 32.1. The molecule has 0 saturated heterocycles. The largest absolute Gasteiger partial charge is 0.456 e. The summed E-state index contributed by atoms with van der Waals surface area (Å²) in [6.45, 7) is 0. The van der Waals surface area contributed by atoms with Crippen molar-refractivity contribution in [1.29, 1.82) is 0 Å². The third kappa shape index (κ3) is 4.81. The molecule has 2 aliphatic heterocycles. The van der Waals surface area contributed by atoms with Crippen molar-refractivity contribution in [2.75, 3.05) is 5.32 Å². The number of rotatable bonds is 4. The van der Waals surface area contributed by atoms with Gasteiger partial charge in [0.05, 0.1) is 17.8 Å². The second kappa shape index (κ2) is 12.3. The number of hydrogen-bond donors (Lipinski definition) is 2. The highest BCUT2D eigenvalue weighted by molar-refractivity contribution is 7.26. The van der Waals surface area contributed by atoms with Crippen LogP contribution in [0.4, 0.5) is 5.69 Å². The zero-order chi connectivity index (χ0) is 36.7. The van der Waals surface area contributed by atoms with E-state index in [1.54, 1.807) is 0 Å². The Labute approximate surface area is 327 Å². The molecular weight excluding hydrogens is 703 g/mol. The summed E-state index contributed by atoms with van der Waals surface area (Å²) < 4.78 is 9.34. The summed E-state index contributed by atoms with van der Waals surface area (Å²) in [6.07, 6.45) is 8.53. The van der Waals surface area contributed by atoms with Crippen molar-refractivity contribution in [2.45, 2.75) is 12.1 Å². The van der Waals surface area contributed by atoms with Gasteiger partial charge in [-0.05, 0) is 57.6 Å². The molecule has 0 spiro atoms. The summed E-state index contributed by atoms with van der Waals surface area (Å²) in [4.78, 5) is 5.28. The number of fused-ring (bicyclic) bond motifs is 11. The number of furan rings is 1. The second-order valence-corrected chi connectivity index (χ2v) is 15.8. The SMILES string of the molecule is C1=CC2=C(c3ccc(-c4ccccc4)cc3)NC(c3cccc4oc5cc([C@@H]6Nc7ccc8c(sc9ccccc98)c7-c7ccccc76)ccc5c34)=NC2C=C1. The van der Waals surface area contributed by atoms with E-state index >= 15 is 0 Å². The fourth-order valence-corrected chi connectivity index (χ4v) is 10.2. The van der Waals surface area contributed by atoms with Crippen LogP contribution in [-0.4, -0.2) is 11.9 Å². The number of allylic oxidation sites excluding steroid dienone is 2. The molecule has 4 nitrogen and oxygen atoms in total. The van der Waals surface area contributed by atoms with Crippen molar-refractivity contribution in [3.8, 4) is 22.3 Å². The van der Waals surface area contributed by atoms with Crippen LogP contribution in [0.25, 0.3) is 70.1 Å². The van der Waals surface area contributed by atoms with Gasteiger partial charge in [-0.15, -0.1) is 11.3 Å². The molecule has 9 aromatic rings. The van der Waals surface area contributed by atoms with Gasteiger partial charge in [0.1, 0.15) is 17.0 Å². The van der Waals surface area contributed by atoms with E-state index in [-0.39, 0.29) is 12.1 Å². The smallest absolute Gasteiger partial charge is 0.136 e. The Morgan fingerprint density at radius 1 is 0.607 bits per heavy atom. The molecule has 12 rings (SSSR count). The average molecular weight is 736 g/mol. The van der Waals surface area contributed by atoms with Gasteiger partial charge in [0.2, 0.25) is 0 Å². The minimum absolute atomic E-state index is 0.0301. The zero-order valence-electron chi connectivity index (χ0n) is 30.2. The summed E-state index contributed by atoms with van der Waals surface area (Å²) in [5, 5.41) is 12.5. The molecule has 56 heavy (non-hydrogen) atoms. The van der Waals surface area contributed by atoms with Crippen LogP contribution in [0.2, 0.25) is 0 Å². The first-order valence-electron chi connectivity index (χ1n) is 19.1. The quantitative estimate of drug-likeness (QED) is 0.189. The topological polar surface area (TPSA) is 49.6 Å². The van der Waals surface area contributed by atoms with Crippen LogP contribution in [0.5, 0.6) is 0 Å². The molecule has 5 heteroatoms. The molecule has 0 saturated carbocycles. The number of nitrogens with zero attached hydrogens (tertiary/aromatic N) is 1. The average Bonchev–Trinajstić information content (AvgIpc) is 3.84. The molecule has 1 aliphatic carbocycles. The summed E-state index contributed by atoms with van der Waals surface area (Å²) in [5.74, 6) is 0.838. The summed E-state index contributed by atoms with van der Waals surface area (Å²) in [5.41, 5.74) is 14.6. The Balaban J connectivity index is 0.930. The first-order chi connectivity index (χ1) is 27.7. The van der Waals surface area contributed by atoms with Crippen LogP contribution in [-0.2, 0) is 0 Å². The fourth-order valence-electron chi connectivity index (χ4n) is 8.94. The maximum Gasteiger partial charge on any atom is 0.136 e. The van der Waals surface area contributed by atoms with E-state index in [0.29, 0.717) is 0 Å². The van der Waals surface area contributed by atoms with Crippen LogP contribution in [0.1, 0.15) is 28.3 Å². The van der Waals surface area contributed by atoms with E-state index in [4.69, 9.17) is 9.41 Å². The zero-order valence-corrected chi connectivity index (χ0v) is 31.0. The van der Waals surface area contributed by atoms with Gasteiger partial charge in [0.15, 0.2) is 0 Å². The number of aliphatic imine (C=N–C) groups is 1. The molecule has 2 atom stereocenters. The van der Waals surface area contributed by atoms with Gasteiger partial charge in [-0.1, -0.05) is 152 Å². The van der Waals surface area contributed by atoms with Gasteiger partial charge < -0.3 is 15.1 Å². The molecule has 0 amide bonds. The lowest BCUT2D eigenvalue weighted by molar-refractivity contribution is 0.667. The Kier molecular flexibility index (Phi) is 6.89. The van der Waals surface area contributed by atoms with Crippen LogP contribution < -0.4 is 10.6 Å². The van der Waals surface area contributed by atoms with Crippen LogP contribution in [0.15, 0.2) is 191 Å². The third-order valence-electron chi connectivity index (χ3n) is 11.6. The summed E-state index contributed by atoms with van der Waals surface area (Å²) in [7, 11) is 0. The number of benzene rings is 7. The van der Waals surface area contributed by atoms with E-state index in [1.165, 1.54) is 48.0 Å². The first-order valence-corrected chi connectivity index (χ1v) is 19.9. The number of nitrogens with one attached hydrogen (secondary N) is 2. The molecule has 3 aliphatic rings. The Hall–Kier alpha value is -6.95. The predicted octanol–water partition coefficient (Wildman–Crippen LogP) is 13.1.